The van der Waals surface area contributed by atoms with Crippen LogP contribution >= 0.6 is 0 Å². The Morgan fingerprint density at radius 2 is 1.95 bits per heavy atom. The first-order valence-electron chi connectivity index (χ1n) is 13.9. The van der Waals surface area contributed by atoms with Crippen LogP contribution in [0.4, 0.5) is 11.6 Å². The fourth-order valence-electron chi connectivity index (χ4n) is 4.38. The molecule has 40 heavy (non-hydrogen) atoms. The van der Waals surface area contributed by atoms with E-state index < -0.39 is 33.3 Å². The van der Waals surface area contributed by atoms with Crippen molar-refractivity contribution < 1.29 is 18.3 Å². The molecule has 1 aromatic heterocycles. The summed E-state index contributed by atoms with van der Waals surface area (Å²) in [5, 5.41) is 19.9. The molecule has 4 atom stereocenters. The average Bonchev–Trinajstić information content (AvgIpc) is 3.65. The Morgan fingerprint density at radius 3 is 2.58 bits per heavy atom. The number of aromatic nitrogens is 1. The van der Waals surface area contributed by atoms with Gasteiger partial charge in [-0.05, 0) is 69.2 Å². The fraction of sp³-hybridized carbons (Fsp3) is 0.533. The third-order valence-electron chi connectivity index (χ3n) is 7.30. The molecule has 1 aliphatic carbocycles. The van der Waals surface area contributed by atoms with Gasteiger partial charge in [0.15, 0.2) is 0 Å². The lowest BCUT2D eigenvalue weighted by atomic mass is 10.0. The summed E-state index contributed by atoms with van der Waals surface area (Å²) in [6.07, 6.45) is 7.43. The van der Waals surface area contributed by atoms with Crippen molar-refractivity contribution in [3.05, 3.63) is 53.6 Å². The number of hydrogen-bond acceptors (Lipinski definition) is 7. The van der Waals surface area contributed by atoms with Gasteiger partial charge in [-0.25, -0.2) is 13.4 Å². The van der Waals surface area contributed by atoms with Gasteiger partial charge in [0.05, 0.1) is 17.4 Å². The molecule has 0 radical (unpaired) electrons. The summed E-state index contributed by atoms with van der Waals surface area (Å²) in [5.74, 6) is 3.92. The number of anilines is 2. The Kier molecular flexibility index (Phi) is 11.4. The molecule has 1 amide bonds. The number of amides is 1. The summed E-state index contributed by atoms with van der Waals surface area (Å²) in [7, 11) is -2.22. The van der Waals surface area contributed by atoms with Gasteiger partial charge in [0.1, 0.15) is 11.6 Å². The van der Waals surface area contributed by atoms with Gasteiger partial charge in [-0.3, -0.25) is 9.10 Å². The van der Waals surface area contributed by atoms with Crippen LogP contribution in [0.1, 0.15) is 56.0 Å². The Morgan fingerprint density at radius 1 is 1.25 bits per heavy atom. The molecule has 10 heteroatoms. The predicted molar refractivity (Wildman–Crippen MR) is 161 cm³/mol. The monoisotopic (exact) mass is 569 g/mol. The molecule has 0 bridgehead atoms. The number of carbonyl (C=O) groups is 1. The number of rotatable bonds is 16. The second-order valence-electron chi connectivity index (χ2n) is 10.9. The standard InChI is InChI=1S/C30H43N5O4S/c1-6-7-11-14-31-20-27(36)26(16-23-12-9-8-10-13-23)33-30(37)24-17-28(32-19-25-15-22(25)4)34-29(18-24)35(5)40(38,39)21(2)3/h1,8-10,12-13,17-18,21-22,25-27,31,36H,7,11,14-16,19-20H2,2-5H3,(H,32,34)(H,33,37)/t22-,25+,26-,27+/m0/s1. The van der Waals surface area contributed by atoms with E-state index in [9.17, 15) is 18.3 Å². The molecule has 0 unspecified atom stereocenters. The normalized spacial score (nSPS) is 18.0. The van der Waals surface area contributed by atoms with E-state index in [-0.39, 0.29) is 17.9 Å². The van der Waals surface area contributed by atoms with Crippen LogP contribution < -0.4 is 20.3 Å². The minimum Gasteiger partial charge on any atom is -0.390 e. The second kappa shape index (κ2) is 14.5. The first kappa shape index (κ1) is 31.4. The number of nitrogens with one attached hydrogen (secondary N) is 3. The van der Waals surface area contributed by atoms with Crippen LogP contribution in [0.2, 0.25) is 0 Å². The molecule has 3 rings (SSSR count). The summed E-state index contributed by atoms with van der Waals surface area (Å²) < 4.78 is 26.9. The maximum atomic E-state index is 13.6. The number of hydrogen-bond donors (Lipinski definition) is 4. The van der Waals surface area contributed by atoms with Crippen molar-refractivity contribution in [2.75, 3.05) is 36.3 Å². The number of nitrogens with zero attached hydrogens (tertiary/aromatic N) is 2. The van der Waals surface area contributed by atoms with Gasteiger partial charge in [0.2, 0.25) is 10.0 Å². The zero-order valence-electron chi connectivity index (χ0n) is 23.9. The van der Waals surface area contributed by atoms with E-state index >= 15 is 0 Å². The van der Waals surface area contributed by atoms with E-state index in [4.69, 9.17) is 6.42 Å². The quantitative estimate of drug-likeness (QED) is 0.181. The van der Waals surface area contributed by atoms with Gasteiger partial charge in [-0.1, -0.05) is 37.3 Å². The topological polar surface area (TPSA) is 124 Å². The van der Waals surface area contributed by atoms with Crippen LogP contribution in [0.25, 0.3) is 0 Å². The number of unbranched alkanes of at least 4 members (excludes halogenated alkanes) is 1. The molecule has 1 fully saturated rings. The van der Waals surface area contributed by atoms with Gasteiger partial charge in [-0.2, -0.15) is 0 Å². The summed E-state index contributed by atoms with van der Waals surface area (Å²) in [4.78, 5) is 18.1. The minimum atomic E-state index is -3.66. The molecule has 9 nitrogen and oxygen atoms in total. The average molecular weight is 570 g/mol. The third kappa shape index (κ3) is 8.95. The van der Waals surface area contributed by atoms with Crippen molar-refractivity contribution in [1.82, 2.24) is 15.6 Å². The van der Waals surface area contributed by atoms with E-state index in [0.29, 0.717) is 43.6 Å². The fourth-order valence-corrected chi connectivity index (χ4v) is 5.36. The number of terminal acetylenes is 1. The first-order chi connectivity index (χ1) is 19.0. The van der Waals surface area contributed by atoms with E-state index in [1.54, 1.807) is 19.9 Å². The highest BCUT2D eigenvalue weighted by molar-refractivity contribution is 7.93. The Labute approximate surface area is 239 Å². The molecule has 0 saturated heterocycles. The molecule has 1 aromatic carbocycles. The maximum absolute atomic E-state index is 13.6. The van der Waals surface area contributed by atoms with Crippen LogP contribution in [0, 0.1) is 24.2 Å². The molecule has 0 spiro atoms. The number of pyridine rings is 1. The van der Waals surface area contributed by atoms with Gasteiger partial charge < -0.3 is 21.1 Å². The lowest BCUT2D eigenvalue weighted by molar-refractivity contribution is 0.0831. The number of carbonyl (C=O) groups excluding carboxylic acids is 1. The van der Waals surface area contributed by atoms with Crippen molar-refractivity contribution in [2.45, 2.75) is 63.9 Å². The summed E-state index contributed by atoms with van der Waals surface area (Å²) in [5.41, 5.74) is 1.23. The van der Waals surface area contributed by atoms with Crippen LogP contribution in [-0.2, 0) is 16.4 Å². The molecule has 1 heterocycles. The Bertz CT molecular complexity index is 1260. The van der Waals surface area contributed by atoms with E-state index in [1.807, 2.05) is 30.3 Å². The highest BCUT2D eigenvalue weighted by Crippen LogP contribution is 2.37. The van der Waals surface area contributed by atoms with Crippen LogP contribution in [0.15, 0.2) is 42.5 Å². The summed E-state index contributed by atoms with van der Waals surface area (Å²) in [6.45, 7) is 7.02. The largest absolute Gasteiger partial charge is 0.390 e. The molecule has 2 aromatic rings. The van der Waals surface area contributed by atoms with Crippen molar-refractivity contribution in [1.29, 1.82) is 0 Å². The lowest BCUT2D eigenvalue weighted by Gasteiger charge is -2.26. The number of aliphatic hydroxyl groups is 1. The van der Waals surface area contributed by atoms with Crippen LogP contribution in [-0.4, -0.2) is 68.5 Å². The third-order valence-corrected chi connectivity index (χ3v) is 9.45. The first-order valence-corrected chi connectivity index (χ1v) is 15.4. The van der Waals surface area contributed by atoms with Gasteiger partial charge in [0.25, 0.3) is 5.91 Å². The summed E-state index contributed by atoms with van der Waals surface area (Å²) >= 11 is 0. The Balaban J connectivity index is 1.84. The van der Waals surface area contributed by atoms with Crippen LogP contribution in [0.5, 0.6) is 0 Å². The van der Waals surface area contributed by atoms with Gasteiger partial charge in [0, 0.05) is 32.1 Å². The molecular formula is C30H43N5O4S. The van der Waals surface area contributed by atoms with Crippen molar-refractivity contribution in [3.8, 4) is 12.3 Å². The van der Waals surface area contributed by atoms with Gasteiger partial charge >= 0.3 is 0 Å². The zero-order chi connectivity index (χ0) is 29.3. The molecule has 4 N–H and O–H groups in total. The second-order valence-corrected chi connectivity index (χ2v) is 13.4. The van der Waals surface area contributed by atoms with Crippen molar-refractivity contribution >= 4 is 27.6 Å². The number of sulfonamides is 1. The van der Waals surface area contributed by atoms with Crippen LogP contribution in [0.3, 0.4) is 0 Å². The molecule has 218 valence electrons. The summed E-state index contributed by atoms with van der Waals surface area (Å²) in [6, 6.07) is 12.2. The maximum Gasteiger partial charge on any atom is 0.251 e. The van der Waals surface area contributed by atoms with E-state index in [1.165, 1.54) is 13.1 Å². The molecule has 1 saturated carbocycles. The van der Waals surface area contributed by atoms with E-state index in [2.05, 4.69) is 33.8 Å². The minimum absolute atomic E-state index is 0.156. The highest BCUT2D eigenvalue weighted by atomic mass is 32.2. The molecule has 0 aliphatic heterocycles. The SMILES string of the molecule is C#CCCCNC[C@@H](O)[C@H](Cc1ccccc1)NC(=O)c1cc(NC[C@H]2C[C@@H]2C)nc(N(C)S(=O)(=O)C(C)C)c1. The lowest BCUT2D eigenvalue weighted by Crippen LogP contribution is -2.49. The molecule has 1 aliphatic rings. The number of aliphatic hydroxyl groups excluding tert-OH is 1. The smallest absolute Gasteiger partial charge is 0.251 e. The van der Waals surface area contributed by atoms with E-state index in [0.717, 1.165) is 22.7 Å². The molecular weight excluding hydrogens is 526 g/mol. The Hall–Kier alpha value is -3.13. The highest BCUT2D eigenvalue weighted by Gasteiger charge is 2.32. The zero-order valence-corrected chi connectivity index (χ0v) is 24.7. The van der Waals surface area contributed by atoms with Gasteiger partial charge in [-0.15, -0.1) is 12.3 Å². The van der Waals surface area contributed by atoms with Crippen molar-refractivity contribution in [3.63, 3.8) is 0 Å². The number of benzene rings is 1. The predicted octanol–water partition coefficient (Wildman–Crippen LogP) is 3.03. The van der Waals surface area contributed by atoms with Crippen molar-refractivity contribution in [2.24, 2.45) is 11.8 Å².